The Morgan fingerprint density at radius 2 is 1.81 bits per heavy atom. The summed E-state index contributed by atoms with van der Waals surface area (Å²) < 4.78 is 4.79. The number of Topliss-reactive ketones (excluding diaryl/α,β-unsaturated/α-hetero) is 1. The highest BCUT2D eigenvalue weighted by molar-refractivity contribution is 7.98. The number of ether oxygens (including phenoxy) is 1. The third-order valence-corrected chi connectivity index (χ3v) is 4.94. The van der Waals surface area contributed by atoms with E-state index in [0.29, 0.717) is 10.4 Å². The zero-order valence-corrected chi connectivity index (χ0v) is 15.7. The quantitative estimate of drug-likeness (QED) is 0.423. The molecule has 0 unspecified atom stereocenters. The number of esters is 1. The summed E-state index contributed by atoms with van der Waals surface area (Å²) in [5, 5.41) is 3.84. The number of carbonyl (C=O) groups is 4. The van der Waals surface area contributed by atoms with Crippen LogP contribution in [-0.4, -0.2) is 36.4 Å². The maximum Gasteiger partial charge on any atom is 0.306 e. The van der Waals surface area contributed by atoms with Gasteiger partial charge in [-0.3, -0.25) is 24.5 Å². The molecule has 1 aromatic heterocycles. The lowest BCUT2D eigenvalue weighted by molar-refractivity contribution is -0.148. The van der Waals surface area contributed by atoms with Crippen molar-refractivity contribution in [1.82, 2.24) is 5.32 Å². The molecule has 1 N–H and O–H groups in total. The molecule has 0 atom stereocenters. The van der Waals surface area contributed by atoms with E-state index >= 15 is 0 Å². The standard InChI is InChI=1S/C18H17NO5S2/c1-25-13-6-4-12(5-7-13)14(20)8-9-17(22)24-11-16(21)19-18(23)15-3-2-10-26-15/h2-7,10H,8-9,11H2,1H3,(H,19,21,23). The number of nitrogens with one attached hydrogen (secondary N) is 1. The van der Waals surface area contributed by atoms with Gasteiger partial charge in [0.1, 0.15) is 0 Å². The van der Waals surface area contributed by atoms with Gasteiger partial charge in [0.15, 0.2) is 12.4 Å². The number of thioether (sulfide) groups is 1. The summed E-state index contributed by atoms with van der Waals surface area (Å²) in [5.41, 5.74) is 0.523. The Morgan fingerprint density at radius 1 is 1.08 bits per heavy atom. The van der Waals surface area contributed by atoms with E-state index in [4.69, 9.17) is 4.74 Å². The number of imide groups is 1. The summed E-state index contributed by atoms with van der Waals surface area (Å²) in [7, 11) is 0. The Kier molecular flexibility index (Phi) is 7.55. The van der Waals surface area contributed by atoms with Crippen LogP contribution in [-0.2, 0) is 14.3 Å². The number of thiophene rings is 1. The summed E-state index contributed by atoms with van der Waals surface area (Å²) in [6.07, 6.45) is 1.81. The van der Waals surface area contributed by atoms with Crippen LogP contribution in [0.2, 0.25) is 0 Å². The minimum atomic E-state index is -0.712. The first kappa shape index (κ1) is 19.9. The molecule has 0 spiro atoms. The van der Waals surface area contributed by atoms with Crippen LogP contribution in [0.3, 0.4) is 0 Å². The summed E-state index contributed by atoms with van der Waals surface area (Å²) in [6.45, 7) is -0.563. The number of carbonyl (C=O) groups excluding carboxylic acids is 4. The molecule has 136 valence electrons. The van der Waals surface area contributed by atoms with Gasteiger partial charge in [0.25, 0.3) is 11.8 Å². The Bertz CT molecular complexity index is 784. The van der Waals surface area contributed by atoms with Crippen molar-refractivity contribution >= 4 is 46.7 Å². The van der Waals surface area contributed by atoms with Crippen LogP contribution in [0.15, 0.2) is 46.7 Å². The second-order valence-electron chi connectivity index (χ2n) is 5.17. The van der Waals surface area contributed by atoms with Crippen LogP contribution in [0, 0.1) is 0 Å². The van der Waals surface area contributed by atoms with Gasteiger partial charge in [-0.05, 0) is 29.8 Å². The minimum Gasteiger partial charge on any atom is -0.456 e. The van der Waals surface area contributed by atoms with Crippen molar-refractivity contribution in [3.63, 3.8) is 0 Å². The Morgan fingerprint density at radius 3 is 2.42 bits per heavy atom. The molecule has 0 saturated carbocycles. The van der Waals surface area contributed by atoms with Crippen LogP contribution in [0.4, 0.5) is 0 Å². The number of ketones is 1. The van der Waals surface area contributed by atoms with Gasteiger partial charge >= 0.3 is 5.97 Å². The summed E-state index contributed by atoms with van der Waals surface area (Å²) in [5.74, 6) is -2.09. The molecule has 6 nitrogen and oxygen atoms in total. The zero-order chi connectivity index (χ0) is 18.9. The van der Waals surface area contributed by atoms with Crippen LogP contribution in [0.5, 0.6) is 0 Å². The molecular formula is C18H17NO5S2. The third-order valence-electron chi connectivity index (χ3n) is 3.33. The molecule has 0 bridgehead atoms. The molecule has 26 heavy (non-hydrogen) atoms. The predicted molar refractivity (Wildman–Crippen MR) is 99.5 cm³/mol. The van der Waals surface area contributed by atoms with E-state index in [1.807, 2.05) is 18.4 Å². The molecule has 0 saturated heterocycles. The first-order valence-electron chi connectivity index (χ1n) is 7.70. The van der Waals surface area contributed by atoms with Crippen molar-refractivity contribution < 1.29 is 23.9 Å². The number of hydrogen-bond acceptors (Lipinski definition) is 7. The normalized spacial score (nSPS) is 10.2. The lowest BCUT2D eigenvalue weighted by atomic mass is 10.1. The molecule has 1 heterocycles. The molecule has 0 radical (unpaired) electrons. The zero-order valence-electron chi connectivity index (χ0n) is 14.0. The fourth-order valence-electron chi connectivity index (χ4n) is 1.99. The van der Waals surface area contributed by atoms with Gasteiger partial charge in [-0.15, -0.1) is 23.1 Å². The van der Waals surface area contributed by atoms with Crippen LogP contribution < -0.4 is 5.32 Å². The predicted octanol–water partition coefficient (Wildman–Crippen LogP) is 2.93. The van der Waals surface area contributed by atoms with Crippen LogP contribution >= 0.6 is 23.1 Å². The lowest BCUT2D eigenvalue weighted by Gasteiger charge is -2.05. The van der Waals surface area contributed by atoms with E-state index in [0.717, 1.165) is 4.90 Å². The number of rotatable bonds is 8. The van der Waals surface area contributed by atoms with Crippen LogP contribution in [0.25, 0.3) is 0 Å². The first-order chi connectivity index (χ1) is 12.5. The van der Waals surface area contributed by atoms with Gasteiger partial charge in [-0.2, -0.15) is 0 Å². The molecule has 8 heteroatoms. The molecule has 2 amide bonds. The smallest absolute Gasteiger partial charge is 0.306 e. The molecular weight excluding hydrogens is 374 g/mol. The molecule has 0 aliphatic rings. The maximum absolute atomic E-state index is 12.0. The van der Waals surface area contributed by atoms with Crippen molar-refractivity contribution in [2.45, 2.75) is 17.7 Å². The highest BCUT2D eigenvalue weighted by Crippen LogP contribution is 2.16. The molecule has 0 aliphatic carbocycles. The monoisotopic (exact) mass is 391 g/mol. The molecule has 0 aliphatic heterocycles. The minimum absolute atomic E-state index is 0.00675. The van der Waals surface area contributed by atoms with Crippen molar-refractivity contribution in [2.24, 2.45) is 0 Å². The van der Waals surface area contributed by atoms with E-state index < -0.39 is 24.4 Å². The Hall–Kier alpha value is -2.45. The highest BCUT2D eigenvalue weighted by Gasteiger charge is 2.14. The largest absolute Gasteiger partial charge is 0.456 e. The van der Waals surface area contributed by atoms with Gasteiger partial charge in [-0.25, -0.2) is 0 Å². The second-order valence-corrected chi connectivity index (χ2v) is 6.99. The van der Waals surface area contributed by atoms with Gasteiger partial charge in [0.2, 0.25) is 0 Å². The van der Waals surface area contributed by atoms with E-state index in [1.165, 1.54) is 11.3 Å². The highest BCUT2D eigenvalue weighted by atomic mass is 32.2. The van der Waals surface area contributed by atoms with Crippen LogP contribution in [0.1, 0.15) is 32.9 Å². The van der Waals surface area contributed by atoms with E-state index in [9.17, 15) is 19.2 Å². The first-order valence-corrected chi connectivity index (χ1v) is 9.80. The van der Waals surface area contributed by atoms with Crippen molar-refractivity contribution in [3.8, 4) is 0 Å². The Balaban J connectivity index is 1.70. The lowest BCUT2D eigenvalue weighted by Crippen LogP contribution is -2.33. The number of benzene rings is 1. The van der Waals surface area contributed by atoms with Crippen molar-refractivity contribution in [2.75, 3.05) is 12.9 Å². The van der Waals surface area contributed by atoms with Gasteiger partial charge < -0.3 is 4.74 Å². The Labute approximate surface area is 158 Å². The summed E-state index contributed by atoms with van der Waals surface area (Å²) >= 11 is 2.77. The average molecular weight is 391 g/mol. The molecule has 1 aromatic carbocycles. The van der Waals surface area contributed by atoms with Gasteiger partial charge in [0.05, 0.1) is 11.3 Å². The van der Waals surface area contributed by atoms with E-state index in [-0.39, 0.29) is 18.6 Å². The number of hydrogen-bond donors (Lipinski definition) is 1. The average Bonchev–Trinajstić information content (AvgIpc) is 3.19. The molecule has 0 fully saturated rings. The van der Waals surface area contributed by atoms with Gasteiger partial charge in [0, 0.05) is 16.9 Å². The topological polar surface area (TPSA) is 89.5 Å². The van der Waals surface area contributed by atoms with Gasteiger partial charge in [-0.1, -0.05) is 18.2 Å². The molecule has 2 aromatic rings. The van der Waals surface area contributed by atoms with Crippen molar-refractivity contribution in [3.05, 3.63) is 52.2 Å². The maximum atomic E-state index is 12.0. The van der Waals surface area contributed by atoms with E-state index in [1.54, 1.807) is 41.4 Å². The number of amides is 2. The summed E-state index contributed by atoms with van der Waals surface area (Å²) in [6, 6.07) is 10.4. The second kappa shape index (κ2) is 9.88. The van der Waals surface area contributed by atoms with Crippen molar-refractivity contribution in [1.29, 1.82) is 0 Å². The van der Waals surface area contributed by atoms with E-state index in [2.05, 4.69) is 5.32 Å². The summed E-state index contributed by atoms with van der Waals surface area (Å²) in [4.78, 5) is 48.4. The molecule has 2 rings (SSSR count). The fourth-order valence-corrected chi connectivity index (χ4v) is 3.01. The SMILES string of the molecule is CSc1ccc(C(=O)CCC(=O)OCC(=O)NC(=O)c2cccs2)cc1. The fraction of sp³-hybridized carbons (Fsp3) is 0.222. The third kappa shape index (κ3) is 6.12.